The molecule has 1 atom stereocenters. The molecule has 0 aliphatic heterocycles. The van der Waals surface area contributed by atoms with Gasteiger partial charge in [-0.3, -0.25) is 4.79 Å². The van der Waals surface area contributed by atoms with Crippen molar-refractivity contribution in [2.45, 2.75) is 44.3 Å². The van der Waals surface area contributed by atoms with Gasteiger partial charge in [-0.2, -0.15) is 18.4 Å². The molecule has 0 saturated heterocycles. The molecule has 11 heteroatoms. The summed E-state index contributed by atoms with van der Waals surface area (Å²) in [7, 11) is 0. The van der Waals surface area contributed by atoms with Crippen LogP contribution in [-0.4, -0.2) is 39.7 Å². The minimum atomic E-state index is -5.08. The Labute approximate surface area is 224 Å². The van der Waals surface area contributed by atoms with E-state index in [1.54, 1.807) is 18.3 Å². The number of carbonyl (C=O) groups excluding carboxylic acids is 1. The van der Waals surface area contributed by atoms with E-state index >= 15 is 0 Å². The van der Waals surface area contributed by atoms with Crippen LogP contribution in [-0.2, 0) is 16.0 Å². The summed E-state index contributed by atoms with van der Waals surface area (Å²) in [5.41, 5.74) is 9.38. The third-order valence-electron chi connectivity index (χ3n) is 6.64. The van der Waals surface area contributed by atoms with Crippen molar-refractivity contribution in [3.8, 4) is 17.3 Å². The molecule has 0 radical (unpaired) electrons. The van der Waals surface area contributed by atoms with Gasteiger partial charge in [0.25, 0.3) is 0 Å². The van der Waals surface area contributed by atoms with Crippen molar-refractivity contribution in [2.75, 3.05) is 6.54 Å². The van der Waals surface area contributed by atoms with E-state index in [0.717, 1.165) is 48.3 Å². The van der Waals surface area contributed by atoms with Gasteiger partial charge in [0.05, 0.1) is 29.6 Å². The molecule has 1 saturated carbocycles. The molecule has 5 N–H and O–H groups in total. The maximum absolute atomic E-state index is 13.1. The molecule has 39 heavy (non-hydrogen) atoms. The summed E-state index contributed by atoms with van der Waals surface area (Å²) >= 11 is 0. The van der Waals surface area contributed by atoms with Crippen molar-refractivity contribution >= 4 is 11.9 Å². The molecule has 0 spiro atoms. The quantitative estimate of drug-likeness (QED) is 0.340. The van der Waals surface area contributed by atoms with Crippen LogP contribution in [0.1, 0.15) is 48.7 Å². The number of carboxylic acids is 1. The van der Waals surface area contributed by atoms with Crippen molar-refractivity contribution < 1.29 is 27.9 Å². The zero-order valence-electron chi connectivity index (χ0n) is 21.1. The van der Waals surface area contributed by atoms with Crippen LogP contribution in [0.2, 0.25) is 0 Å². The molecule has 3 aromatic rings. The first-order valence-electron chi connectivity index (χ1n) is 12.5. The van der Waals surface area contributed by atoms with Gasteiger partial charge in [-0.15, -0.1) is 0 Å². The van der Waals surface area contributed by atoms with Crippen LogP contribution in [0.25, 0.3) is 11.3 Å². The van der Waals surface area contributed by atoms with Crippen molar-refractivity contribution in [3.05, 3.63) is 77.7 Å². The third kappa shape index (κ3) is 8.68. The van der Waals surface area contributed by atoms with Crippen molar-refractivity contribution in [2.24, 2.45) is 17.6 Å². The van der Waals surface area contributed by atoms with Gasteiger partial charge in [-0.05, 0) is 67.8 Å². The van der Waals surface area contributed by atoms with Gasteiger partial charge >= 0.3 is 12.1 Å². The van der Waals surface area contributed by atoms with Gasteiger partial charge in [0, 0.05) is 5.92 Å². The maximum Gasteiger partial charge on any atom is 0.490 e. The van der Waals surface area contributed by atoms with Gasteiger partial charge < -0.3 is 21.1 Å². The number of aliphatic carboxylic acids is 1. The number of amides is 1. The molecule has 2 aromatic carbocycles. The molecule has 0 bridgehead atoms. The summed E-state index contributed by atoms with van der Waals surface area (Å²) in [4.78, 5) is 30.0. The van der Waals surface area contributed by atoms with Crippen LogP contribution in [0.15, 0.2) is 60.8 Å². The number of halogens is 3. The molecule has 8 nitrogen and oxygen atoms in total. The molecule has 1 aliphatic rings. The van der Waals surface area contributed by atoms with E-state index in [2.05, 4.69) is 33.5 Å². The lowest BCUT2D eigenvalue weighted by Crippen LogP contribution is -2.37. The number of nitrogens with zero attached hydrogens (tertiary/aromatic N) is 2. The third-order valence-corrected chi connectivity index (χ3v) is 6.64. The molecular formula is C28H30F3N5O3. The Bertz CT molecular complexity index is 1260. The fourth-order valence-corrected chi connectivity index (χ4v) is 4.40. The van der Waals surface area contributed by atoms with Gasteiger partial charge in [-0.25, -0.2) is 9.78 Å². The lowest BCUT2D eigenvalue weighted by Gasteiger charge is -2.28. The van der Waals surface area contributed by atoms with Crippen LogP contribution >= 0.6 is 0 Å². The first-order chi connectivity index (χ1) is 18.6. The summed E-state index contributed by atoms with van der Waals surface area (Å²) in [6.45, 7) is 0.704. The Morgan fingerprint density at radius 2 is 1.72 bits per heavy atom. The van der Waals surface area contributed by atoms with E-state index in [4.69, 9.17) is 20.9 Å². The number of benzene rings is 2. The zero-order valence-corrected chi connectivity index (χ0v) is 21.1. The Morgan fingerprint density at radius 1 is 1.10 bits per heavy atom. The normalized spacial score (nSPS) is 17.7. The van der Waals surface area contributed by atoms with Gasteiger partial charge in [-0.1, -0.05) is 42.5 Å². The van der Waals surface area contributed by atoms with E-state index in [1.165, 1.54) is 0 Å². The molecule has 1 fully saturated rings. The molecule has 1 aromatic heterocycles. The second kappa shape index (κ2) is 13.6. The lowest BCUT2D eigenvalue weighted by molar-refractivity contribution is -0.192. The number of aromatic nitrogens is 2. The van der Waals surface area contributed by atoms with Crippen LogP contribution in [0.4, 0.5) is 13.2 Å². The number of nitrogens with two attached hydrogens (primary N) is 1. The average Bonchev–Trinajstić information content (AvgIpc) is 3.43. The topological polar surface area (TPSA) is 145 Å². The summed E-state index contributed by atoms with van der Waals surface area (Å²) in [6.07, 6.45) is 1.17. The van der Waals surface area contributed by atoms with E-state index < -0.39 is 12.1 Å². The first-order valence-corrected chi connectivity index (χ1v) is 12.5. The molecule has 1 amide bonds. The number of alkyl halides is 3. The highest BCUT2D eigenvalue weighted by Gasteiger charge is 2.38. The van der Waals surface area contributed by atoms with E-state index in [0.29, 0.717) is 24.4 Å². The molecule has 1 heterocycles. The second-order valence-electron chi connectivity index (χ2n) is 9.38. The standard InChI is InChI=1S/C26H29N5O.C2HF3O2/c27-15-19-6-10-21(11-7-19)24-17-29-25(30-24)23(14-18-4-2-1-3-5-18)31-26(32)22-12-8-20(16-28)9-13-22;3-2(4,5)1(6)7/h1-7,10-11,17,20,22-23H,8-9,12-14,16,28H2,(H,29,30)(H,31,32);(H,6,7)/t20?,22?,23-;/m0./s1. The maximum atomic E-state index is 13.1. The molecule has 206 valence electrons. The van der Waals surface area contributed by atoms with Crippen LogP contribution in [0.5, 0.6) is 0 Å². The number of hydrogen-bond donors (Lipinski definition) is 4. The van der Waals surface area contributed by atoms with E-state index in [1.807, 2.05) is 30.3 Å². The number of hydrogen-bond acceptors (Lipinski definition) is 5. The van der Waals surface area contributed by atoms with Crippen molar-refractivity contribution in [1.82, 2.24) is 15.3 Å². The minimum Gasteiger partial charge on any atom is -0.475 e. The number of nitriles is 1. The fourth-order valence-electron chi connectivity index (χ4n) is 4.40. The number of imidazole rings is 1. The van der Waals surface area contributed by atoms with Gasteiger partial charge in [0.15, 0.2) is 0 Å². The summed E-state index contributed by atoms with van der Waals surface area (Å²) in [5, 5.41) is 19.4. The highest BCUT2D eigenvalue weighted by molar-refractivity contribution is 5.79. The number of carboxylic acid groups (broad SMARTS) is 1. The number of nitrogens with one attached hydrogen (secondary N) is 2. The van der Waals surface area contributed by atoms with Crippen LogP contribution < -0.4 is 11.1 Å². The molecule has 0 unspecified atom stereocenters. The monoisotopic (exact) mass is 541 g/mol. The summed E-state index contributed by atoms with van der Waals surface area (Å²) in [5.74, 6) is -1.36. The number of aromatic amines is 1. The molecular weight excluding hydrogens is 511 g/mol. The second-order valence-corrected chi connectivity index (χ2v) is 9.38. The van der Waals surface area contributed by atoms with Gasteiger partial charge in [0.1, 0.15) is 5.82 Å². The van der Waals surface area contributed by atoms with Crippen molar-refractivity contribution in [1.29, 1.82) is 5.26 Å². The Hall–Kier alpha value is -4.17. The molecule has 4 rings (SSSR count). The average molecular weight is 542 g/mol. The lowest BCUT2D eigenvalue weighted by atomic mass is 9.81. The Kier molecular flexibility index (Phi) is 10.2. The van der Waals surface area contributed by atoms with Crippen molar-refractivity contribution in [3.63, 3.8) is 0 Å². The predicted octanol–water partition coefficient (Wildman–Crippen LogP) is 4.75. The number of carbonyl (C=O) groups is 2. The van der Waals surface area contributed by atoms with Crippen LogP contribution in [0, 0.1) is 23.2 Å². The van der Waals surface area contributed by atoms with Crippen LogP contribution in [0.3, 0.4) is 0 Å². The molecule has 1 aliphatic carbocycles. The zero-order chi connectivity index (χ0) is 28.4. The Balaban J connectivity index is 0.000000532. The Morgan fingerprint density at radius 3 is 2.26 bits per heavy atom. The predicted molar refractivity (Wildman–Crippen MR) is 138 cm³/mol. The highest BCUT2D eigenvalue weighted by Crippen LogP contribution is 2.29. The van der Waals surface area contributed by atoms with E-state index in [9.17, 15) is 18.0 Å². The largest absolute Gasteiger partial charge is 0.490 e. The summed E-state index contributed by atoms with van der Waals surface area (Å²) < 4.78 is 31.7. The number of H-pyrrole nitrogens is 1. The first kappa shape index (κ1) is 29.4. The summed E-state index contributed by atoms with van der Waals surface area (Å²) in [6, 6.07) is 19.4. The van der Waals surface area contributed by atoms with E-state index in [-0.39, 0.29) is 17.9 Å². The number of rotatable bonds is 7. The smallest absolute Gasteiger partial charge is 0.475 e. The fraction of sp³-hybridized carbons (Fsp3) is 0.357. The highest BCUT2D eigenvalue weighted by atomic mass is 19.4. The minimum absolute atomic E-state index is 0.0315. The van der Waals surface area contributed by atoms with Gasteiger partial charge in [0.2, 0.25) is 5.91 Å². The SMILES string of the molecule is N#Cc1ccc(-c2cnc([C@H](Cc3ccccc3)NC(=O)C3CCC(CN)CC3)[nH]2)cc1.O=C(O)C(F)(F)F.